The van der Waals surface area contributed by atoms with E-state index < -0.39 is 0 Å². The van der Waals surface area contributed by atoms with Crippen LogP contribution in [0.1, 0.15) is 55.7 Å². The Morgan fingerprint density at radius 3 is 2.76 bits per heavy atom. The SMILES string of the molecule is CC(C)(C)c1ccccc1NC1CCCc2sc(Cl)cc21. The van der Waals surface area contributed by atoms with Gasteiger partial charge in [0.15, 0.2) is 0 Å². The average Bonchev–Trinajstić information content (AvgIpc) is 2.79. The molecule has 1 nitrogen and oxygen atoms in total. The Kier molecular flexibility index (Phi) is 4.02. The van der Waals surface area contributed by atoms with E-state index in [-0.39, 0.29) is 5.41 Å². The second-order valence-corrected chi connectivity index (χ2v) is 8.58. The van der Waals surface area contributed by atoms with Gasteiger partial charge in [0.2, 0.25) is 0 Å². The fourth-order valence-electron chi connectivity index (χ4n) is 3.12. The Morgan fingerprint density at radius 2 is 2.00 bits per heavy atom. The van der Waals surface area contributed by atoms with Crippen LogP contribution >= 0.6 is 22.9 Å². The molecule has 0 spiro atoms. The van der Waals surface area contributed by atoms with Crippen molar-refractivity contribution in [3.8, 4) is 0 Å². The van der Waals surface area contributed by atoms with Crippen molar-refractivity contribution in [1.82, 2.24) is 0 Å². The van der Waals surface area contributed by atoms with Gasteiger partial charge in [-0.1, -0.05) is 50.6 Å². The Bertz CT molecular complexity index is 639. The van der Waals surface area contributed by atoms with Gasteiger partial charge in [-0.15, -0.1) is 11.3 Å². The molecule has 2 aromatic rings. The van der Waals surface area contributed by atoms with E-state index in [1.165, 1.54) is 41.0 Å². The van der Waals surface area contributed by atoms with Gasteiger partial charge in [-0.3, -0.25) is 0 Å². The van der Waals surface area contributed by atoms with E-state index in [2.05, 4.69) is 56.4 Å². The van der Waals surface area contributed by atoms with Gasteiger partial charge in [-0.05, 0) is 47.9 Å². The Morgan fingerprint density at radius 1 is 1.24 bits per heavy atom. The number of para-hydroxylation sites is 1. The van der Waals surface area contributed by atoms with Crippen molar-refractivity contribution in [3.63, 3.8) is 0 Å². The van der Waals surface area contributed by atoms with Crippen molar-refractivity contribution < 1.29 is 0 Å². The van der Waals surface area contributed by atoms with Gasteiger partial charge in [0.05, 0.1) is 10.4 Å². The monoisotopic (exact) mass is 319 g/mol. The van der Waals surface area contributed by atoms with E-state index in [4.69, 9.17) is 11.6 Å². The summed E-state index contributed by atoms with van der Waals surface area (Å²) in [5.74, 6) is 0. The van der Waals surface area contributed by atoms with E-state index in [0.717, 1.165) is 4.34 Å². The van der Waals surface area contributed by atoms with E-state index in [0.29, 0.717) is 6.04 Å². The van der Waals surface area contributed by atoms with E-state index in [9.17, 15) is 0 Å². The third-order valence-corrected chi connectivity index (χ3v) is 5.49. The zero-order valence-electron chi connectivity index (χ0n) is 12.9. The summed E-state index contributed by atoms with van der Waals surface area (Å²) in [6, 6.07) is 11.2. The largest absolute Gasteiger partial charge is 0.378 e. The number of halogens is 1. The summed E-state index contributed by atoms with van der Waals surface area (Å²) in [5.41, 5.74) is 4.18. The summed E-state index contributed by atoms with van der Waals surface area (Å²) >= 11 is 7.95. The lowest BCUT2D eigenvalue weighted by molar-refractivity contribution is 0.581. The predicted molar refractivity (Wildman–Crippen MR) is 93.8 cm³/mol. The summed E-state index contributed by atoms with van der Waals surface area (Å²) < 4.78 is 0.915. The van der Waals surface area contributed by atoms with E-state index in [1.807, 2.05) is 0 Å². The number of rotatable bonds is 2. The quantitative estimate of drug-likeness (QED) is 0.696. The molecule has 3 rings (SSSR count). The van der Waals surface area contributed by atoms with Crippen molar-refractivity contribution in [2.75, 3.05) is 5.32 Å². The molecule has 1 aromatic carbocycles. The summed E-state index contributed by atoms with van der Waals surface area (Å²) in [5, 5.41) is 3.77. The van der Waals surface area contributed by atoms with Crippen LogP contribution in [-0.2, 0) is 11.8 Å². The molecule has 1 atom stereocenters. The highest BCUT2D eigenvalue weighted by Crippen LogP contribution is 2.40. The lowest BCUT2D eigenvalue weighted by Crippen LogP contribution is -2.19. The maximum Gasteiger partial charge on any atom is 0.0934 e. The minimum atomic E-state index is 0.146. The van der Waals surface area contributed by atoms with E-state index >= 15 is 0 Å². The molecule has 3 heteroatoms. The molecule has 1 unspecified atom stereocenters. The van der Waals surface area contributed by atoms with Gasteiger partial charge in [-0.2, -0.15) is 0 Å². The predicted octanol–water partition coefficient (Wildman–Crippen LogP) is 6.19. The minimum Gasteiger partial charge on any atom is -0.378 e. The molecule has 112 valence electrons. The maximum absolute atomic E-state index is 6.21. The zero-order valence-corrected chi connectivity index (χ0v) is 14.4. The van der Waals surface area contributed by atoms with Crippen LogP contribution in [0.2, 0.25) is 4.34 Å². The first-order chi connectivity index (χ1) is 9.95. The topological polar surface area (TPSA) is 12.0 Å². The minimum absolute atomic E-state index is 0.146. The van der Waals surface area contributed by atoms with Crippen LogP contribution in [0.3, 0.4) is 0 Å². The van der Waals surface area contributed by atoms with Crippen LogP contribution in [0, 0.1) is 0 Å². The van der Waals surface area contributed by atoms with Crippen molar-refractivity contribution in [1.29, 1.82) is 0 Å². The molecule has 0 aliphatic heterocycles. The lowest BCUT2D eigenvalue weighted by Gasteiger charge is -2.29. The molecule has 1 heterocycles. The smallest absolute Gasteiger partial charge is 0.0934 e. The van der Waals surface area contributed by atoms with Crippen LogP contribution in [0.25, 0.3) is 0 Å². The molecule has 1 aliphatic rings. The van der Waals surface area contributed by atoms with Gasteiger partial charge in [-0.25, -0.2) is 0 Å². The maximum atomic E-state index is 6.21. The lowest BCUT2D eigenvalue weighted by atomic mass is 9.85. The highest BCUT2D eigenvalue weighted by Gasteiger charge is 2.25. The van der Waals surface area contributed by atoms with Crippen LogP contribution in [-0.4, -0.2) is 0 Å². The van der Waals surface area contributed by atoms with Crippen LogP contribution < -0.4 is 5.32 Å². The fourth-order valence-corrected chi connectivity index (χ4v) is 4.51. The summed E-state index contributed by atoms with van der Waals surface area (Å²) in [7, 11) is 0. The average molecular weight is 320 g/mol. The molecule has 0 fully saturated rings. The van der Waals surface area contributed by atoms with Gasteiger partial charge in [0, 0.05) is 10.6 Å². The number of benzene rings is 1. The third kappa shape index (κ3) is 3.12. The first kappa shape index (κ1) is 14.9. The molecular weight excluding hydrogens is 298 g/mol. The normalized spacial score (nSPS) is 18.4. The summed E-state index contributed by atoms with van der Waals surface area (Å²) in [4.78, 5) is 1.46. The van der Waals surface area contributed by atoms with Crippen LogP contribution in [0.15, 0.2) is 30.3 Å². The molecule has 1 aliphatic carbocycles. The highest BCUT2D eigenvalue weighted by molar-refractivity contribution is 7.16. The summed E-state index contributed by atoms with van der Waals surface area (Å²) in [6.45, 7) is 6.80. The second kappa shape index (κ2) is 5.66. The van der Waals surface area contributed by atoms with Crippen molar-refractivity contribution >= 4 is 28.6 Å². The third-order valence-electron chi connectivity index (χ3n) is 4.15. The molecular formula is C18H22ClNS. The molecule has 21 heavy (non-hydrogen) atoms. The number of fused-ring (bicyclic) bond motifs is 1. The molecule has 0 saturated carbocycles. The Labute approximate surface area is 136 Å². The van der Waals surface area contributed by atoms with Gasteiger partial charge < -0.3 is 5.32 Å². The van der Waals surface area contributed by atoms with E-state index in [1.54, 1.807) is 11.3 Å². The number of hydrogen-bond acceptors (Lipinski definition) is 2. The molecule has 1 aromatic heterocycles. The molecule has 0 saturated heterocycles. The number of thiophene rings is 1. The van der Waals surface area contributed by atoms with Crippen molar-refractivity contribution in [2.45, 2.75) is 51.5 Å². The number of anilines is 1. The van der Waals surface area contributed by atoms with Gasteiger partial charge in [0.1, 0.15) is 0 Å². The van der Waals surface area contributed by atoms with Gasteiger partial charge in [0.25, 0.3) is 0 Å². The van der Waals surface area contributed by atoms with Crippen molar-refractivity contribution in [3.05, 3.63) is 50.7 Å². The first-order valence-electron chi connectivity index (χ1n) is 7.59. The number of aryl methyl sites for hydroxylation is 1. The molecule has 1 N–H and O–H groups in total. The Hall–Kier alpha value is -0.990. The number of nitrogens with one attached hydrogen (secondary N) is 1. The van der Waals surface area contributed by atoms with Gasteiger partial charge >= 0.3 is 0 Å². The fraction of sp³-hybridized carbons (Fsp3) is 0.444. The van der Waals surface area contributed by atoms with Crippen LogP contribution in [0.4, 0.5) is 5.69 Å². The number of hydrogen-bond donors (Lipinski definition) is 1. The second-order valence-electron chi connectivity index (χ2n) is 6.81. The zero-order chi connectivity index (χ0) is 15.0. The first-order valence-corrected chi connectivity index (χ1v) is 8.79. The van der Waals surface area contributed by atoms with Crippen LogP contribution in [0.5, 0.6) is 0 Å². The highest BCUT2D eigenvalue weighted by atomic mass is 35.5. The molecule has 0 radical (unpaired) electrons. The molecule has 0 bridgehead atoms. The Balaban J connectivity index is 1.92. The molecule has 0 amide bonds. The van der Waals surface area contributed by atoms with Crippen molar-refractivity contribution in [2.24, 2.45) is 0 Å². The summed E-state index contributed by atoms with van der Waals surface area (Å²) in [6.07, 6.45) is 3.59. The standard InChI is InChI=1S/C18H22ClNS/c1-18(2,3)13-7-4-5-8-15(13)20-14-9-6-10-16-12(14)11-17(19)21-16/h4-5,7-8,11,14,20H,6,9-10H2,1-3H3.